The highest BCUT2D eigenvalue weighted by molar-refractivity contribution is 5.87. The maximum Gasteiger partial charge on any atom is 0.246 e. The van der Waals surface area contributed by atoms with Crippen LogP contribution in [0.15, 0.2) is 48.6 Å². The van der Waals surface area contributed by atoms with Crippen molar-refractivity contribution >= 4 is 12.0 Å². The molecular formula is C17H23NO. The first-order valence-electron chi connectivity index (χ1n) is 6.95. The van der Waals surface area contributed by atoms with Crippen molar-refractivity contribution in [2.75, 3.05) is 13.1 Å². The van der Waals surface area contributed by atoms with Crippen molar-refractivity contribution < 1.29 is 4.79 Å². The summed E-state index contributed by atoms with van der Waals surface area (Å²) in [7, 11) is 0. The van der Waals surface area contributed by atoms with Gasteiger partial charge in [-0.05, 0) is 38.3 Å². The first-order valence-corrected chi connectivity index (χ1v) is 6.95. The summed E-state index contributed by atoms with van der Waals surface area (Å²) in [5.74, 6) is 0.108. The molecule has 0 aliphatic rings. The van der Waals surface area contributed by atoms with Crippen molar-refractivity contribution in [1.29, 1.82) is 0 Å². The highest BCUT2D eigenvalue weighted by Gasteiger charge is 2.03. The Morgan fingerprint density at radius 3 is 2.32 bits per heavy atom. The minimum atomic E-state index is 0.108. The molecule has 0 saturated heterocycles. The molecule has 1 aromatic carbocycles. The lowest BCUT2D eigenvalue weighted by Crippen LogP contribution is -2.28. The van der Waals surface area contributed by atoms with Crippen LogP contribution >= 0.6 is 0 Å². The molecule has 102 valence electrons. The Morgan fingerprint density at radius 2 is 1.68 bits per heavy atom. The van der Waals surface area contributed by atoms with Gasteiger partial charge in [0.05, 0.1) is 0 Å². The molecule has 0 fully saturated rings. The molecule has 0 heterocycles. The first kappa shape index (κ1) is 15.2. The summed E-state index contributed by atoms with van der Waals surface area (Å²) in [5, 5.41) is 0. The van der Waals surface area contributed by atoms with Gasteiger partial charge < -0.3 is 4.90 Å². The second-order valence-electron chi connectivity index (χ2n) is 4.30. The van der Waals surface area contributed by atoms with Crippen molar-refractivity contribution in [3.8, 4) is 0 Å². The lowest BCUT2D eigenvalue weighted by molar-refractivity contribution is -0.125. The average molecular weight is 257 g/mol. The molecule has 1 aromatic rings. The Labute approximate surface area is 116 Å². The number of rotatable bonds is 7. The number of hydrogen-bond acceptors (Lipinski definition) is 1. The van der Waals surface area contributed by atoms with E-state index in [1.807, 2.05) is 43.0 Å². The molecule has 0 aromatic heterocycles. The molecule has 0 aliphatic heterocycles. The van der Waals surface area contributed by atoms with Crippen LogP contribution in [0.25, 0.3) is 6.08 Å². The van der Waals surface area contributed by atoms with E-state index in [1.165, 1.54) is 5.56 Å². The number of benzene rings is 1. The van der Waals surface area contributed by atoms with Gasteiger partial charge in [0.2, 0.25) is 5.91 Å². The average Bonchev–Trinajstić information content (AvgIpc) is 2.45. The van der Waals surface area contributed by atoms with E-state index in [2.05, 4.69) is 24.3 Å². The first-order chi connectivity index (χ1) is 9.27. The molecule has 2 nitrogen and oxygen atoms in total. The number of likely N-dealkylation sites (N-methyl/N-ethyl adjacent to an activating group) is 1. The van der Waals surface area contributed by atoms with E-state index in [9.17, 15) is 4.79 Å². The van der Waals surface area contributed by atoms with Crippen molar-refractivity contribution in [2.45, 2.75) is 26.7 Å². The van der Waals surface area contributed by atoms with Gasteiger partial charge in [-0.25, -0.2) is 0 Å². The summed E-state index contributed by atoms with van der Waals surface area (Å²) in [4.78, 5) is 13.5. The minimum Gasteiger partial charge on any atom is -0.340 e. The number of hydrogen-bond donors (Lipinski definition) is 0. The molecule has 0 unspecified atom stereocenters. The molecule has 1 rings (SSSR count). The van der Waals surface area contributed by atoms with Crippen LogP contribution in [-0.2, 0) is 4.79 Å². The van der Waals surface area contributed by atoms with Crippen LogP contribution in [-0.4, -0.2) is 23.9 Å². The molecular weight excluding hydrogens is 234 g/mol. The smallest absolute Gasteiger partial charge is 0.246 e. The van der Waals surface area contributed by atoms with Crippen LogP contribution in [0.1, 0.15) is 32.3 Å². The normalized spacial score (nSPS) is 11.3. The van der Waals surface area contributed by atoms with E-state index in [-0.39, 0.29) is 5.91 Å². The molecule has 0 spiro atoms. The molecule has 0 aliphatic carbocycles. The Balaban J connectivity index is 2.27. The number of carbonyl (C=O) groups excluding carboxylic acids is 1. The fraction of sp³-hybridized carbons (Fsp3) is 0.353. The number of unbranched alkanes of at least 4 members (excludes halogenated alkanes) is 1. The second kappa shape index (κ2) is 9.15. The van der Waals surface area contributed by atoms with Gasteiger partial charge in [-0.2, -0.15) is 0 Å². The molecule has 1 amide bonds. The maximum absolute atomic E-state index is 11.7. The van der Waals surface area contributed by atoms with E-state index in [4.69, 9.17) is 0 Å². The van der Waals surface area contributed by atoms with E-state index >= 15 is 0 Å². The van der Waals surface area contributed by atoms with Crippen molar-refractivity contribution in [3.63, 3.8) is 0 Å². The van der Waals surface area contributed by atoms with Crippen LogP contribution in [0.2, 0.25) is 0 Å². The van der Waals surface area contributed by atoms with Crippen LogP contribution < -0.4 is 0 Å². The highest BCUT2D eigenvalue weighted by atomic mass is 16.2. The summed E-state index contributed by atoms with van der Waals surface area (Å²) >= 11 is 0. The Bertz CT molecular complexity index is 416. The fourth-order valence-corrected chi connectivity index (χ4v) is 1.80. The van der Waals surface area contributed by atoms with Crippen molar-refractivity contribution in [1.82, 2.24) is 4.90 Å². The SMILES string of the molecule is CCN(CC)C(=O)C=CCCC=Cc1ccccc1. The van der Waals surface area contributed by atoms with Crippen molar-refractivity contribution in [2.24, 2.45) is 0 Å². The van der Waals surface area contributed by atoms with Gasteiger partial charge >= 0.3 is 0 Å². The Kier molecular flexibility index (Phi) is 7.33. The number of amides is 1. The molecule has 0 N–H and O–H groups in total. The third kappa shape index (κ3) is 6.05. The zero-order valence-corrected chi connectivity index (χ0v) is 11.9. The monoisotopic (exact) mass is 257 g/mol. The Hall–Kier alpha value is -1.83. The summed E-state index contributed by atoms with van der Waals surface area (Å²) in [5.41, 5.74) is 1.21. The molecule has 0 bridgehead atoms. The van der Waals surface area contributed by atoms with Crippen LogP contribution in [0.5, 0.6) is 0 Å². The van der Waals surface area contributed by atoms with Crippen molar-refractivity contribution in [3.05, 3.63) is 54.1 Å². The molecule has 0 radical (unpaired) electrons. The van der Waals surface area contributed by atoms with Gasteiger partial charge in [0.25, 0.3) is 0 Å². The van der Waals surface area contributed by atoms with Gasteiger partial charge in [-0.1, -0.05) is 48.6 Å². The third-order valence-corrected chi connectivity index (χ3v) is 2.95. The molecule has 0 saturated carbocycles. The summed E-state index contributed by atoms with van der Waals surface area (Å²) in [6.07, 6.45) is 9.74. The maximum atomic E-state index is 11.7. The lowest BCUT2D eigenvalue weighted by Gasteiger charge is -2.15. The van der Waals surface area contributed by atoms with Gasteiger partial charge in [-0.3, -0.25) is 4.79 Å². The van der Waals surface area contributed by atoms with Crippen LogP contribution in [0, 0.1) is 0 Å². The lowest BCUT2D eigenvalue weighted by atomic mass is 10.2. The van der Waals surface area contributed by atoms with Gasteiger partial charge in [0.15, 0.2) is 0 Å². The number of carbonyl (C=O) groups is 1. The summed E-state index contributed by atoms with van der Waals surface area (Å²) in [6.45, 7) is 5.54. The third-order valence-electron chi connectivity index (χ3n) is 2.95. The highest BCUT2D eigenvalue weighted by Crippen LogP contribution is 2.03. The molecule has 19 heavy (non-hydrogen) atoms. The summed E-state index contributed by atoms with van der Waals surface area (Å²) in [6, 6.07) is 10.2. The van der Waals surface area contributed by atoms with E-state index in [1.54, 1.807) is 6.08 Å². The van der Waals surface area contributed by atoms with Crippen LogP contribution in [0.3, 0.4) is 0 Å². The number of nitrogens with zero attached hydrogens (tertiary/aromatic N) is 1. The zero-order valence-electron chi connectivity index (χ0n) is 11.9. The van der Waals surface area contributed by atoms with Crippen LogP contribution in [0.4, 0.5) is 0 Å². The summed E-state index contributed by atoms with van der Waals surface area (Å²) < 4.78 is 0. The zero-order chi connectivity index (χ0) is 13.9. The number of allylic oxidation sites excluding steroid dienone is 2. The van der Waals surface area contributed by atoms with E-state index in [0.29, 0.717) is 0 Å². The fourth-order valence-electron chi connectivity index (χ4n) is 1.80. The minimum absolute atomic E-state index is 0.108. The molecule has 0 atom stereocenters. The largest absolute Gasteiger partial charge is 0.340 e. The van der Waals surface area contributed by atoms with Gasteiger partial charge in [-0.15, -0.1) is 0 Å². The predicted octanol–water partition coefficient (Wildman–Crippen LogP) is 3.90. The predicted molar refractivity (Wildman–Crippen MR) is 81.8 cm³/mol. The van der Waals surface area contributed by atoms with Gasteiger partial charge in [0, 0.05) is 13.1 Å². The Morgan fingerprint density at radius 1 is 1.05 bits per heavy atom. The molecule has 2 heteroatoms. The second-order valence-corrected chi connectivity index (χ2v) is 4.30. The van der Waals surface area contributed by atoms with Gasteiger partial charge in [0.1, 0.15) is 0 Å². The topological polar surface area (TPSA) is 20.3 Å². The standard InChI is InChI=1S/C17H23NO/c1-3-18(4-2)17(19)15-11-6-5-8-12-16-13-9-7-10-14-16/h7-15H,3-6H2,1-2H3. The quantitative estimate of drug-likeness (QED) is 0.536. The van der Waals surface area contributed by atoms with E-state index < -0.39 is 0 Å². The van der Waals surface area contributed by atoms with E-state index in [0.717, 1.165) is 25.9 Å².